The zero-order chi connectivity index (χ0) is 12.8. The van der Waals surface area contributed by atoms with Crippen molar-refractivity contribution in [2.75, 3.05) is 19.5 Å². The standard InChI is InChI=1S/C10H13N3O4/c1-16-8-4-6(11)2-3-7(8)10(15)13-17-5-9(12)14/h2-4H,5,11H2,1H3,(H2,12,14)(H,13,15). The first-order valence-electron chi connectivity index (χ1n) is 4.68. The van der Waals surface area contributed by atoms with E-state index in [1.54, 1.807) is 6.07 Å². The van der Waals surface area contributed by atoms with Crippen molar-refractivity contribution in [1.82, 2.24) is 5.48 Å². The number of rotatable bonds is 5. The van der Waals surface area contributed by atoms with E-state index in [4.69, 9.17) is 16.2 Å². The zero-order valence-electron chi connectivity index (χ0n) is 9.23. The average molecular weight is 239 g/mol. The number of nitrogen functional groups attached to an aromatic ring is 1. The smallest absolute Gasteiger partial charge is 0.278 e. The third-order valence-corrected chi connectivity index (χ3v) is 1.85. The number of carbonyl (C=O) groups excluding carboxylic acids is 2. The lowest BCUT2D eigenvalue weighted by atomic mass is 10.2. The number of methoxy groups -OCH3 is 1. The number of amides is 2. The van der Waals surface area contributed by atoms with E-state index in [0.29, 0.717) is 11.4 Å². The van der Waals surface area contributed by atoms with E-state index in [-0.39, 0.29) is 5.56 Å². The summed E-state index contributed by atoms with van der Waals surface area (Å²) in [6.45, 7) is -0.400. The van der Waals surface area contributed by atoms with Gasteiger partial charge in [0.15, 0.2) is 6.61 Å². The molecule has 2 amide bonds. The molecule has 0 saturated carbocycles. The second-order valence-corrected chi connectivity index (χ2v) is 3.15. The Hall–Kier alpha value is -2.28. The zero-order valence-corrected chi connectivity index (χ0v) is 9.23. The van der Waals surface area contributed by atoms with Crippen LogP contribution in [0.1, 0.15) is 10.4 Å². The van der Waals surface area contributed by atoms with Crippen LogP contribution in [0.15, 0.2) is 18.2 Å². The maximum atomic E-state index is 11.6. The second kappa shape index (κ2) is 5.71. The first-order valence-corrected chi connectivity index (χ1v) is 4.68. The molecule has 17 heavy (non-hydrogen) atoms. The number of anilines is 1. The molecule has 0 aliphatic heterocycles. The Labute approximate surface area is 97.6 Å². The third kappa shape index (κ3) is 3.65. The molecular formula is C10H13N3O4. The number of nitrogens with one attached hydrogen (secondary N) is 1. The fourth-order valence-corrected chi connectivity index (χ4v) is 1.12. The molecule has 0 atom stereocenters. The van der Waals surface area contributed by atoms with Crippen LogP contribution >= 0.6 is 0 Å². The molecular weight excluding hydrogens is 226 g/mol. The lowest BCUT2D eigenvalue weighted by molar-refractivity contribution is -0.124. The van der Waals surface area contributed by atoms with Crippen LogP contribution in [-0.2, 0) is 9.63 Å². The average Bonchev–Trinajstić information content (AvgIpc) is 2.28. The van der Waals surface area contributed by atoms with Gasteiger partial charge in [0.2, 0.25) is 5.91 Å². The van der Waals surface area contributed by atoms with Gasteiger partial charge in [-0.3, -0.25) is 14.4 Å². The Morgan fingerprint density at radius 2 is 2.12 bits per heavy atom. The summed E-state index contributed by atoms with van der Waals surface area (Å²) < 4.78 is 4.99. The molecule has 0 fully saturated rings. The van der Waals surface area contributed by atoms with Gasteiger partial charge in [-0.2, -0.15) is 0 Å². The fraction of sp³-hybridized carbons (Fsp3) is 0.200. The largest absolute Gasteiger partial charge is 0.496 e. The van der Waals surface area contributed by atoms with Gasteiger partial charge in [0.25, 0.3) is 5.91 Å². The number of ether oxygens (including phenoxy) is 1. The molecule has 0 heterocycles. The van der Waals surface area contributed by atoms with Crippen LogP contribution < -0.4 is 21.7 Å². The van der Waals surface area contributed by atoms with Crippen molar-refractivity contribution in [2.45, 2.75) is 0 Å². The molecule has 7 heteroatoms. The Balaban J connectivity index is 2.71. The quantitative estimate of drug-likeness (QED) is 0.469. The number of primary amides is 1. The van der Waals surface area contributed by atoms with E-state index >= 15 is 0 Å². The second-order valence-electron chi connectivity index (χ2n) is 3.15. The van der Waals surface area contributed by atoms with Gasteiger partial charge >= 0.3 is 0 Å². The van der Waals surface area contributed by atoms with Crippen molar-refractivity contribution in [2.24, 2.45) is 5.73 Å². The molecule has 0 spiro atoms. The van der Waals surface area contributed by atoms with E-state index in [9.17, 15) is 9.59 Å². The first kappa shape index (κ1) is 12.8. The molecule has 0 unspecified atom stereocenters. The normalized spacial score (nSPS) is 9.71. The molecule has 7 nitrogen and oxygen atoms in total. The Kier molecular flexibility index (Phi) is 4.29. The summed E-state index contributed by atoms with van der Waals surface area (Å²) in [5.74, 6) is -0.928. The van der Waals surface area contributed by atoms with Gasteiger partial charge in [0, 0.05) is 11.8 Å². The van der Waals surface area contributed by atoms with Crippen LogP contribution in [0.3, 0.4) is 0 Å². The molecule has 1 rings (SSSR count). The summed E-state index contributed by atoms with van der Waals surface area (Å²) in [6.07, 6.45) is 0. The Bertz CT molecular complexity index is 434. The van der Waals surface area contributed by atoms with Crippen LogP contribution in [0, 0.1) is 0 Å². The number of hydrogen-bond donors (Lipinski definition) is 3. The van der Waals surface area contributed by atoms with Crippen LogP contribution in [0.5, 0.6) is 5.75 Å². The summed E-state index contributed by atoms with van der Waals surface area (Å²) in [7, 11) is 1.41. The van der Waals surface area contributed by atoms with Crippen LogP contribution in [0.25, 0.3) is 0 Å². The minimum absolute atomic E-state index is 0.242. The SMILES string of the molecule is COc1cc(N)ccc1C(=O)NOCC(N)=O. The molecule has 92 valence electrons. The number of benzene rings is 1. The predicted molar refractivity (Wildman–Crippen MR) is 60.0 cm³/mol. The van der Waals surface area contributed by atoms with E-state index in [2.05, 4.69) is 10.3 Å². The minimum atomic E-state index is -0.686. The van der Waals surface area contributed by atoms with Crippen LogP contribution in [0.2, 0.25) is 0 Å². The molecule has 0 aliphatic carbocycles. The highest BCUT2D eigenvalue weighted by atomic mass is 16.7. The highest BCUT2D eigenvalue weighted by molar-refractivity contribution is 5.96. The summed E-state index contributed by atoms with van der Waals surface area (Å²) in [6, 6.07) is 4.53. The first-order chi connectivity index (χ1) is 8.04. The molecule has 0 aliphatic rings. The van der Waals surface area contributed by atoms with Crippen molar-refractivity contribution in [3.8, 4) is 5.75 Å². The van der Waals surface area contributed by atoms with Gasteiger partial charge in [-0.15, -0.1) is 0 Å². The van der Waals surface area contributed by atoms with E-state index in [0.717, 1.165) is 0 Å². The highest BCUT2D eigenvalue weighted by Crippen LogP contribution is 2.21. The highest BCUT2D eigenvalue weighted by Gasteiger charge is 2.12. The number of hydroxylamine groups is 1. The van der Waals surface area contributed by atoms with Crippen molar-refractivity contribution < 1.29 is 19.2 Å². The lowest BCUT2D eigenvalue weighted by Crippen LogP contribution is -2.29. The van der Waals surface area contributed by atoms with E-state index < -0.39 is 18.4 Å². The maximum absolute atomic E-state index is 11.6. The topological polar surface area (TPSA) is 117 Å². The fourth-order valence-electron chi connectivity index (χ4n) is 1.12. The molecule has 1 aromatic carbocycles. The summed E-state index contributed by atoms with van der Waals surface area (Å²) in [4.78, 5) is 26.6. The molecule has 0 bridgehead atoms. The maximum Gasteiger partial charge on any atom is 0.278 e. The number of nitrogens with two attached hydrogens (primary N) is 2. The van der Waals surface area contributed by atoms with Crippen LogP contribution in [-0.4, -0.2) is 25.5 Å². The van der Waals surface area contributed by atoms with Gasteiger partial charge in [-0.05, 0) is 12.1 Å². The number of carbonyl (C=O) groups is 2. The van der Waals surface area contributed by atoms with Gasteiger partial charge in [0.1, 0.15) is 5.75 Å². The molecule has 0 aromatic heterocycles. The Morgan fingerprint density at radius 1 is 1.41 bits per heavy atom. The monoisotopic (exact) mass is 239 g/mol. The molecule has 5 N–H and O–H groups in total. The molecule has 0 saturated heterocycles. The predicted octanol–water partition coefficient (Wildman–Crippen LogP) is -0.576. The van der Waals surface area contributed by atoms with Gasteiger partial charge < -0.3 is 16.2 Å². The van der Waals surface area contributed by atoms with Crippen molar-refractivity contribution in [3.63, 3.8) is 0 Å². The van der Waals surface area contributed by atoms with Crippen molar-refractivity contribution >= 4 is 17.5 Å². The lowest BCUT2D eigenvalue weighted by Gasteiger charge is -2.09. The molecule has 0 radical (unpaired) electrons. The van der Waals surface area contributed by atoms with Gasteiger partial charge in [-0.25, -0.2) is 5.48 Å². The van der Waals surface area contributed by atoms with E-state index in [1.165, 1.54) is 19.2 Å². The summed E-state index contributed by atoms with van der Waals surface area (Å²) >= 11 is 0. The Morgan fingerprint density at radius 3 is 2.71 bits per heavy atom. The molecule has 1 aromatic rings. The van der Waals surface area contributed by atoms with Gasteiger partial charge in [0.05, 0.1) is 12.7 Å². The van der Waals surface area contributed by atoms with Crippen molar-refractivity contribution in [3.05, 3.63) is 23.8 Å². The summed E-state index contributed by atoms with van der Waals surface area (Å²) in [5.41, 5.74) is 13.2. The van der Waals surface area contributed by atoms with Crippen LogP contribution in [0.4, 0.5) is 5.69 Å². The third-order valence-electron chi connectivity index (χ3n) is 1.85. The van der Waals surface area contributed by atoms with Gasteiger partial charge in [-0.1, -0.05) is 0 Å². The number of hydrogen-bond acceptors (Lipinski definition) is 5. The summed E-state index contributed by atoms with van der Waals surface area (Å²) in [5, 5.41) is 0. The van der Waals surface area contributed by atoms with E-state index in [1.807, 2.05) is 0 Å². The minimum Gasteiger partial charge on any atom is -0.496 e. The van der Waals surface area contributed by atoms with Crippen molar-refractivity contribution in [1.29, 1.82) is 0 Å².